The van der Waals surface area contributed by atoms with E-state index in [0.29, 0.717) is 22.2 Å². The van der Waals surface area contributed by atoms with E-state index in [0.717, 1.165) is 0 Å². The van der Waals surface area contributed by atoms with E-state index in [9.17, 15) is 0 Å². The number of nitrogens with two attached hydrogens (primary N) is 2. The Morgan fingerprint density at radius 3 is 2.88 bits per heavy atom. The molecule has 2 aromatic rings. The van der Waals surface area contributed by atoms with Crippen molar-refractivity contribution in [2.24, 2.45) is 5.84 Å². The fourth-order valence-corrected chi connectivity index (χ4v) is 1.53. The van der Waals surface area contributed by atoms with Gasteiger partial charge < -0.3 is 5.73 Å². The van der Waals surface area contributed by atoms with Gasteiger partial charge >= 0.3 is 0 Å². The molecule has 0 fully saturated rings. The minimum atomic E-state index is -0.423. The topological polar surface area (TPSA) is 119 Å². The van der Waals surface area contributed by atoms with Crippen molar-refractivity contribution in [1.82, 2.24) is 25.6 Å². The van der Waals surface area contributed by atoms with Crippen LogP contribution in [0.2, 0.25) is 5.02 Å². The van der Waals surface area contributed by atoms with E-state index in [4.69, 9.17) is 23.2 Å². The highest BCUT2D eigenvalue weighted by molar-refractivity contribution is 6.30. The van der Waals surface area contributed by atoms with Crippen molar-refractivity contribution >= 4 is 17.4 Å². The molecule has 6 N–H and O–H groups in total. The Kier molecular flexibility index (Phi) is 3.00. The third-order valence-corrected chi connectivity index (χ3v) is 2.31. The first-order valence-electron chi connectivity index (χ1n) is 4.44. The van der Waals surface area contributed by atoms with Crippen LogP contribution in [0.3, 0.4) is 0 Å². The number of aromatic nitrogens is 4. The van der Waals surface area contributed by atoms with Crippen LogP contribution in [0.5, 0.6) is 0 Å². The fourth-order valence-electron chi connectivity index (χ4n) is 1.37. The number of anilines is 1. The van der Waals surface area contributed by atoms with Gasteiger partial charge in [0.2, 0.25) is 0 Å². The van der Waals surface area contributed by atoms with Crippen LogP contribution in [0.15, 0.2) is 18.6 Å². The van der Waals surface area contributed by atoms with Crippen LogP contribution in [0.25, 0.3) is 0 Å². The second-order valence-corrected chi connectivity index (χ2v) is 3.53. The van der Waals surface area contributed by atoms with Crippen molar-refractivity contribution < 1.29 is 0 Å². The molecular formula is C8H10ClN7. The number of aromatic amines is 1. The Hall–Kier alpha value is -1.70. The van der Waals surface area contributed by atoms with Crippen molar-refractivity contribution in [2.75, 3.05) is 5.73 Å². The molecule has 84 valence electrons. The van der Waals surface area contributed by atoms with Crippen LogP contribution in [0, 0.1) is 0 Å². The number of nitrogens with one attached hydrogen (secondary N) is 2. The van der Waals surface area contributed by atoms with Gasteiger partial charge in [-0.1, -0.05) is 11.6 Å². The van der Waals surface area contributed by atoms with E-state index < -0.39 is 6.04 Å². The monoisotopic (exact) mass is 239 g/mol. The molecule has 1 atom stereocenters. The molecule has 0 radical (unpaired) electrons. The molecule has 8 heteroatoms. The second-order valence-electron chi connectivity index (χ2n) is 3.10. The molecule has 7 nitrogen and oxygen atoms in total. The Morgan fingerprint density at radius 2 is 2.25 bits per heavy atom. The summed E-state index contributed by atoms with van der Waals surface area (Å²) >= 11 is 5.85. The maximum Gasteiger partial charge on any atom is 0.147 e. The number of hydrogen-bond acceptors (Lipinski definition) is 6. The lowest BCUT2D eigenvalue weighted by Crippen LogP contribution is -2.30. The maximum absolute atomic E-state index is 5.85. The third-order valence-electron chi connectivity index (χ3n) is 2.10. The number of hydrogen-bond donors (Lipinski definition) is 4. The first kappa shape index (κ1) is 10.8. The molecule has 1 unspecified atom stereocenters. The summed E-state index contributed by atoms with van der Waals surface area (Å²) in [6.45, 7) is 0. The number of halogens is 1. The molecule has 0 spiro atoms. The first-order valence-corrected chi connectivity index (χ1v) is 4.82. The van der Waals surface area contributed by atoms with E-state index in [1.807, 2.05) is 0 Å². The fraction of sp³-hybridized carbons (Fsp3) is 0.125. The molecule has 0 saturated heterocycles. The van der Waals surface area contributed by atoms with Gasteiger partial charge in [0.15, 0.2) is 0 Å². The Balaban J connectivity index is 2.44. The number of H-pyrrole nitrogens is 1. The molecule has 0 bridgehead atoms. The minimum absolute atomic E-state index is 0.337. The highest BCUT2D eigenvalue weighted by Gasteiger charge is 2.18. The van der Waals surface area contributed by atoms with Gasteiger partial charge in [-0.3, -0.25) is 10.9 Å². The lowest BCUT2D eigenvalue weighted by atomic mass is 10.1. The number of nitrogens with zero attached hydrogens (tertiary/aromatic N) is 3. The number of hydrazine groups is 1. The summed E-state index contributed by atoms with van der Waals surface area (Å²) in [5.74, 6) is 6.33. The molecule has 0 aliphatic heterocycles. The van der Waals surface area contributed by atoms with Crippen LogP contribution in [0.1, 0.15) is 17.4 Å². The molecule has 0 aromatic carbocycles. The summed E-state index contributed by atoms with van der Waals surface area (Å²) in [7, 11) is 0. The van der Waals surface area contributed by atoms with Gasteiger partial charge in [-0.15, -0.1) is 0 Å². The quantitative estimate of drug-likeness (QED) is 0.442. The molecule has 0 saturated carbocycles. The average molecular weight is 240 g/mol. The molecule has 0 aliphatic carbocycles. The van der Waals surface area contributed by atoms with Gasteiger partial charge in [0, 0.05) is 11.8 Å². The molecule has 0 amide bonds. The predicted molar refractivity (Wildman–Crippen MR) is 59.2 cm³/mol. The Morgan fingerprint density at radius 1 is 1.44 bits per heavy atom. The smallest absolute Gasteiger partial charge is 0.147 e. The standard InChI is InChI=1S/C8H10ClN7/c9-4-1-5(7(10)12-2-4)6(15-11)8-13-3-14-16-8/h1-3,6,15H,11H2,(H2,10,12)(H,13,14,16). The van der Waals surface area contributed by atoms with E-state index >= 15 is 0 Å². The van der Waals surface area contributed by atoms with E-state index in [1.165, 1.54) is 12.5 Å². The minimum Gasteiger partial charge on any atom is -0.383 e. The van der Waals surface area contributed by atoms with Crippen LogP contribution < -0.4 is 17.0 Å². The van der Waals surface area contributed by atoms with Gasteiger partial charge in [0.1, 0.15) is 24.0 Å². The molecule has 2 aromatic heterocycles. The highest BCUT2D eigenvalue weighted by atomic mass is 35.5. The first-order chi connectivity index (χ1) is 7.72. The Labute approximate surface area is 96.2 Å². The second kappa shape index (κ2) is 4.44. The molecule has 0 aliphatic rings. The lowest BCUT2D eigenvalue weighted by molar-refractivity contribution is 0.604. The van der Waals surface area contributed by atoms with Crippen LogP contribution >= 0.6 is 11.6 Å². The normalized spacial score (nSPS) is 12.6. The van der Waals surface area contributed by atoms with Crippen molar-refractivity contribution in [2.45, 2.75) is 6.04 Å². The van der Waals surface area contributed by atoms with Crippen molar-refractivity contribution in [3.8, 4) is 0 Å². The zero-order chi connectivity index (χ0) is 11.5. The molecule has 2 rings (SSSR count). The van der Waals surface area contributed by atoms with Gasteiger partial charge in [-0.05, 0) is 6.07 Å². The van der Waals surface area contributed by atoms with Crippen LogP contribution in [-0.4, -0.2) is 20.2 Å². The molecular weight excluding hydrogens is 230 g/mol. The molecule has 2 heterocycles. The summed E-state index contributed by atoms with van der Waals surface area (Å²) in [5, 5.41) is 6.92. The van der Waals surface area contributed by atoms with E-state index in [-0.39, 0.29) is 0 Å². The number of rotatable bonds is 3. The SMILES string of the molecule is NNC(c1ncn[nH]1)c1cc(Cl)cnc1N. The van der Waals surface area contributed by atoms with Crippen molar-refractivity contribution in [1.29, 1.82) is 0 Å². The summed E-state index contributed by atoms with van der Waals surface area (Å²) in [6.07, 6.45) is 2.85. The Bertz CT molecular complexity index is 469. The van der Waals surface area contributed by atoms with Gasteiger partial charge in [-0.25, -0.2) is 15.4 Å². The van der Waals surface area contributed by atoms with Crippen molar-refractivity contribution in [3.05, 3.63) is 35.0 Å². The summed E-state index contributed by atoms with van der Waals surface area (Å²) in [4.78, 5) is 7.94. The van der Waals surface area contributed by atoms with Gasteiger partial charge in [0.25, 0.3) is 0 Å². The summed E-state index contributed by atoms with van der Waals surface area (Å²) in [6, 6.07) is 1.26. The van der Waals surface area contributed by atoms with Crippen LogP contribution in [-0.2, 0) is 0 Å². The summed E-state index contributed by atoms with van der Waals surface area (Å²) in [5.41, 5.74) is 8.97. The van der Waals surface area contributed by atoms with Gasteiger partial charge in [-0.2, -0.15) is 5.10 Å². The highest BCUT2D eigenvalue weighted by Crippen LogP contribution is 2.24. The summed E-state index contributed by atoms with van der Waals surface area (Å²) < 4.78 is 0. The average Bonchev–Trinajstić information content (AvgIpc) is 2.78. The number of pyridine rings is 1. The lowest BCUT2D eigenvalue weighted by Gasteiger charge is -2.14. The maximum atomic E-state index is 5.85. The molecule has 16 heavy (non-hydrogen) atoms. The van der Waals surface area contributed by atoms with E-state index in [1.54, 1.807) is 6.07 Å². The van der Waals surface area contributed by atoms with Crippen molar-refractivity contribution in [3.63, 3.8) is 0 Å². The van der Waals surface area contributed by atoms with Gasteiger partial charge in [0.05, 0.1) is 5.02 Å². The zero-order valence-corrected chi connectivity index (χ0v) is 8.94. The van der Waals surface area contributed by atoms with Crippen LogP contribution in [0.4, 0.5) is 5.82 Å². The van der Waals surface area contributed by atoms with E-state index in [2.05, 4.69) is 25.6 Å². The predicted octanol–water partition coefficient (Wildman–Crippen LogP) is -0.0120. The third kappa shape index (κ3) is 1.96. The number of nitrogen functional groups attached to an aromatic ring is 1. The largest absolute Gasteiger partial charge is 0.383 e. The zero-order valence-electron chi connectivity index (χ0n) is 8.18.